The number of aromatic nitrogens is 2. The van der Waals surface area contributed by atoms with Gasteiger partial charge in [-0.2, -0.15) is 0 Å². The lowest BCUT2D eigenvalue weighted by Gasteiger charge is -2.33. The van der Waals surface area contributed by atoms with Crippen molar-refractivity contribution >= 4 is 49.2 Å². The second kappa shape index (κ2) is 9.63. The van der Waals surface area contributed by atoms with E-state index in [0.717, 1.165) is 50.4 Å². The number of thiophene rings is 1. The summed E-state index contributed by atoms with van der Waals surface area (Å²) in [7, 11) is 0. The van der Waals surface area contributed by atoms with Gasteiger partial charge in [-0.05, 0) is 59.4 Å². The fourth-order valence-electron chi connectivity index (χ4n) is 4.72. The minimum absolute atomic E-state index is 0.110. The summed E-state index contributed by atoms with van der Waals surface area (Å²) in [6.45, 7) is 7.54. The topological polar surface area (TPSA) is 34.9 Å². The van der Waals surface area contributed by atoms with Crippen molar-refractivity contribution in [2.24, 2.45) is 11.3 Å². The molecule has 1 atom stereocenters. The van der Waals surface area contributed by atoms with Crippen LogP contribution in [-0.4, -0.2) is 9.55 Å². The fraction of sp³-hybridized carbons (Fsp3) is 0.357. The number of thioether (sulfide) groups is 1. The molecular formula is C28H29BrN2OS2. The van der Waals surface area contributed by atoms with Crippen LogP contribution in [0.15, 0.2) is 69.0 Å². The second-order valence-corrected chi connectivity index (χ2v) is 13.1. The number of rotatable bonds is 5. The first kappa shape index (κ1) is 23.8. The Hall–Kier alpha value is -1.89. The largest absolute Gasteiger partial charge is 0.283 e. The van der Waals surface area contributed by atoms with Gasteiger partial charge in [-0.3, -0.25) is 9.36 Å². The number of nitrogens with zero attached hydrogens (tertiary/aromatic N) is 2. The number of hydrogen-bond acceptors (Lipinski definition) is 4. The summed E-state index contributed by atoms with van der Waals surface area (Å²) in [4.78, 5) is 21.3. The third kappa shape index (κ3) is 4.91. The highest BCUT2D eigenvalue weighted by Crippen LogP contribution is 2.42. The van der Waals surface area contributed by atoms with Gasteiger partial charge < -0.3 is 0 Å². The monoisotopic (exact) mass is 552 g/mol. The second-order valence-electron chi connectivity index (χ2n) is 10.2. The standard InChI is InChI=1S/C28H29BrN2OS2/c1-28(2,3)20-11-14-22-23(15-20)34-25-24(22)26(32)31(16-18-7-5-4-6-8-18)27(30-25)33-17-19-9-12-21(29)13-10-19/h4-10,12-13,20H,11,14-17H2,1-3H3. The van der Waals surface area contributed by atoms with Crippen LogP contribution in [0.25, 0.3) is 10.2 Å². The highest BCUT2D eigenvalue weighted by Gasteiger charge is 2.32. The molecule has 0 amide bonds. The molecule has 0 saturated carbocycles. The van der Waals surface area contributed by atoms with Gasteiger partial charge in [0.15, 0.2) is 5.16 Å². The van der Waals surface area contributed by atoms with Crippen LogP contribution in [0.5, 0.6) is 0 Å². The zero-order chi connectivity index (χ0) is 23.9. The van der Waals surface area contributed by atoms with Crippen molar-refractivity contribution in [1.29, 1.82) is 0 Å². The van der Waals surface area contributed by atoms with Gasteiger partial charge in [-0.25, -0.2) is 4.98 Å². The predicted octanol–water partition coefficient (Wildman–Crippen LogP) is 7.71. The van der Waals surface area contributed by atoms with Crippen LogP contribution in [0.2, 0.25) is 0 Å². The number of fused-ring (bicyclic) bond motifs is 3. The smallest absolute Gasteiger partial charge is 0.263 e. The number of halogens is 1. The van der Waals surface area contributed by atoms with Crippen molar-refractivity contribution < 1.29 is 0 Å². The van der Waals surface area contributed by atoms with Crippen molar-refractivity contribution in [3.05, 3.63) is 91.0 Å². The average molecular weight is 554 g/mol. The van der Waals surface area contributed by atoms with E-state index in [-0.39, 0.29) is 11.0 Å². The molecule has 1 aliphatic carbocycles. The summed E-state index contributed by atoms with van der Waals surface area (Å²) in [5, 5.41) is 1.66. The SMILES string of the molecule is CC(C)(C)C1CCc2c(sc3nc(SCc4ccc(Br)cc4)n(Cc4ccccc4)c(=O)c23)C1. The third-order valence-corrected chi connectivity index (χ3v) is 9.55. The van der Waals surface area contributed by atoms with Crippen LogP contribution in [0.3, 0.4) is 0 Å². The Bertz CT molecular complexity index is 1370. The summed E-state index contributed by atoms with van der Waals surface area (Å²) >= 11 is 6.90. The molecule has 1 unspecified atom stereocenters. The van der Waals surface area contributed by atoms with Gasteiger partial charge in [0, 0.05) is 15.1 Å². The minimum Gasteiger partial charge on any atom is -0.283 e. The minimum atomic E-state index is 0.110. The summed E-state index contributed by atoms with van der Waals surface area (Å²) in [5.74, 6) is 1.42. The fourth-order valence-corrected chi connectivity index (χ4v) is 7.28. The zero-order valence-electron chi connectivity index (χ0n) is 19.8. The van der Waals surface area contributed by atoms with E-state index in [1.807, 2.05) is 22.8 Å². The van der Waals surface area contributed by atoms with Crippen molar-refractivity contribution in [1.82, 2.24) is 9.55 Å². The van der Waals surface area contributed by atoms with E-state index in [1.54, 1.807) is 23.1 Å². The van der Waals surface area contributed by atoms with Gasteiger partial charge in [-0.1, -0.05) is 90.9 Å². The molecule has 0 radical (unpaired) electrons. The van der Waals surface area contributed by atoms with Crippen LogP contribution in [-0.2, 0) is 25.1 Å². The summed E-state index contributed by atoms with van der Waals surface area (Å²) in [6.07, 6.45) is 3.17. The first-order chi connectivity index (χ1) is 16.3. The maximum Gasteiger partial charge on any atom is 0.263 e. The third-order valence-electron chi connectivity index (χ3n) is 6.82. The van der Waals surface area contributed by atoms with E-state index in [2.05, 4.69) is 73.1 Å². The van der Waals surface area contributed by atoms with Crippen LogP contribution in [0.4, 0.5) is 0 Å². The van der Waals surface area contributed by atoms with Gasteiger partial charge >= 0.3 is 0 Å². The Labute approximate surface area is 217 Å². The first-order valence-electron chi connectivity index (χ1n) is 11.8. The molecule has 0 saturated heterocycles. The molecule has 0 aliphatic heterocycles. The highest BCUT2D eigenvalue weighted by atomic mass is 79.9. The van der Waals surface area contributed by atoms with Gasteiger partial charge in [0.2, 0.25) is 0 Å². The number of hydrogen-bond donors (Lipinski definition) is 0. The molecule has 4 aromatic rings. The Morgan fingerprint density at radius 3 is 2.53 bits per heavy atom. The zero-order valence-corrected chi connectivity index (χ0v) is 23.0. The molecule has 0 fully saturated rings. The molecule has 0 spiro atoms. The lowest BCUT2D eigenvalue weighted by atomic mass is 9.72. The first-order valence-corrected chi connectivity index (χ1v) is 14.4. The van der Waals surface area contributed by atoms with E-state index in [4.69, 9.17) is 4.98 Å². The predicted molar refractivity (Wildman–Crippen MR) is 148 cm³/mol. The molecular weight excluding hydrogens is 524 g/mol. The van der Waals surface area contributed by atoms with Gasteiger partial charge in [0.25, 0.3) is 5.56 Å². The van der Waals surface area contributed by atoms with Crippen LogP contribution in [0.1, 0.15) is 48.8 Å². The number of aryl methyl sites for hydroxylation is 1. The lowest BCUT2D eigenvalue weighted by molar-refractivity contribution is 0.218. The van der Waals surface area contributed by atoms with Gasteiger partial charge in [-0.15, -0.1) is 11.3 Å². The highest BCUT2D eigenvalue weighted by molar-refractivity contribution is 9.10. The Morgan fingerprint density at radius 2 is 1.82 bits per heavy atom. The molecule has 34 heavy (non-hydrogen) atoms. The molecule has 6 heteroatoms. The molecule has 5 rings (SSSR count). The molecule has 1 aliphatic rings. The van der Waals surface area contributed by atoms with Crippen LogP contribution < -0.4 is 5.56 Å². The summed E-state index contributed by atoms with van der Waals surface area (Å²) < 4.78 is 2.96. The maximum atomic E-state index is 13.9. The molecule has 2 heterocycles. The quantitative estimate of drug-likeness (QED) is 0.188. The molecule has 2 aromatic heterocycles. The Kier molecular flexibility index (Phi) is 6.75. The lowest BCUT2D eigenvalue weighted by Crippen LogP contribution is -2.27. The summed E-state index contributed by atoms with van der Waals surface area (Å²) in [5.41, 5.74) is 3.98. The van der Waals surface area contributed by atoms with Crippen molar-refractivity contribution in [2.75, 3.05) is 0 Å². The molecule has 176 valence electrons. The van der Waals surface area contributed by atoms with Crippen molar-refractivity contribution in [3.63, 3.8) is 0 Å². The van der Waals surface area contributed by atoms with Crippen LogP contribution >= 0.6 is 39.0 Å². The molecule has 0 bridgehead atoms. The Balaban J connectivity index is 1.57. The molecule has 0 N–H and O–H groups in total. The van der Waals surface area contributed by atoms with Crippen molar-refractivity contribution in [3.8, 4) is 0 Å². The molecule has 2 aromatic carbocycles. The van der Waals surface area contributed by atoms with Gasteiger partial charge in [0.1, 0.15) is 4.83 Å². The average Bonchev–Trinajstić information content (AvgIpc) is 3.19. The van der Waals surface area contributed by atoms with E-state index in [0.29, 0.717) is 12.5 Å². The summed E-state index contributed by atoms with van der Waals surface area (Å²) in [6, 6.07) is 18.6. The maximum absolute atomic E-state index is 13.9. The number of benzene rings is 2. The van der Waals surface area contributed by atoms with E-state index >= 15 is 0 Å². The Morgan fingerprint density at radius 1 is 1.09 bits per heavy atom. The normalized spacial score (nSPS) is 16.1. The van der Waals surface area contributed by atoms with Gasteiger partial charge in [0.05, 0.1) is 11.9 Å². The van der Waals surface area contributed by atoms with Crippen LogP contribution in [0, 0.1) is 11.3 Å². The van der Waals surface area contributed by atoms with E-state index in [9.17, 15) is 4.79 Å². The van der Waals surface area contributed by atoms with Crippen molar-refractivity contribution in [2.45, 2.75) is 57.5 Å². The van der Waals surface area contributed by atoms with E-state index in [1.165, 1.54) is 16.0 Å². The molecule has 3 nitrogen and oxygen atoms in total. The van der Waals surface area contributed by atoms with E-state index < -0.39 is 0 Å².